The minimum atomic E-state index is -4.74. The quantitative estimate of drug-likeness (QED) is 0.768. The molecule has 1 aromatic carbocycles. The van der Waals surface area contributed by atoms with E-state index in [4.69, 9.17) is 0 Å². The van der Waals surface area contributed by atoms with Gasteiger partial charge in [0.05, 0.1) is 5.25 Å². The SMILES string of the molecule is CC(Sc1nnc2n1CCCCC2)C(=O)Nc1ccc(OC(F)(F)F)cc1. The Morgan fingerprint density at radius 1 is 1.22 bits per heavy atom. The number of rotatable bonds is 5. The molecule has 10 heteroatoms. The van der Waals surface area contributed by atoms with Gasteiger partial charge in [-0.1, -0.05) is 18.2 Å². The van der Waals surface area contributed by atoms with Gasteiger partial charge in [-0.15, -0.1) is 23.4 Å². The highest BCUT2D eigenvalue weighted by Gasteiger charge is 2.31. The van der Waals surface area contributed by atoms with Gasteiger partial charge in [0, 0.05) is 18.7 Å². The molecular formula is C17H19F3N4O2S. The zero-order chi connectivity index (χ0) is 19.4. The monoisotopic (exact) mass is 400 g/mol. The summed E-state index contributed by atoms with van der Waals surface area (Å²) in [6.45, 7) is 2.60. The van der Waals surface area contributed by atoms with Gasteiger partial charge in [-0.25, -0.2) is 0 Å². The zero-order valence-electron chi connectivity index (χ0n) is 14.6. The first-order valence-electron chi connectivity index (χ1n) is 8.57. The van der Waals surface area contributed by atoms with E-state index in [2.05, 4.69) is 24.8 Å². The Bertz CT molecular complexity index is 792. The summed E-state index contributed by atoms with van der Waals surface area (Å²) in [6, 6.07) is 5.03. The van der Waals surface area contributed by atoms with Gasteiger partial charge in [0.1, 0.15) is 11.6 Å². The number of anilines is 1. The molecule has 1 aromatic heterocycles. The number of nitrogens with zero attached hydrogens (tertiary/aromatic N) is 3. The van der Waals surface area contributed by atoms with Crippen molar-refractivity contribution in [1.29, 1.82) is 0 Å². The summed E-state index contributed by atoms with van der Waals surface area (Å²) < 4.78 is 42.4. The van der Waals surface area contributed by atoms with Crippen LogP contribution < -0.4 is 10.1 Å². The smallest absolute Gasteiger partial charge is 0.406 e. The van der Waals surface area contributed by atoms with E-state index in [1.807, 2.05) is 0 Å². The minimum Gasteiger partial charge on any atom is -0.406 e. The lowest BCUT2D eigenvalue weighted by Crippen LogP contribution is -2.23. The number of carbonyl (C=O) groups is 1. The molecule has 3 rings (SSSR count). The van der Waals surface area contributed by atoms with Gasteiger partial charge < -0.3 is 14.6 Å². The van der Waals surface area contributed by atoms with Crippen molar-refractivity contribution in [1.82, 2.24) is 14.8 Å². The number of carbonyl (C=O) groups excluding carboxylic acids is 1. The van der Waals surface area contributed by atoms with E-state index < -0.39 is 11.6 Å². The third kappa shape index (κ3) is 5.38. The molecule has 1 amide bonds. The van der Waals surface area contributed by atoms with E-state index in [1.165, 1.54) is 23.9 Å². The molecule has 1 atom stereocenters. The van der Waals surface area contributed by atoms with Crippen LogP contribution in [0.25, 0.3) is 0 Å². The molecule has 0 fully saturated rings. The lowest BCUT2D eigenvalue weighted by molar-refractivity contribution is -0.274. The maximum Gasteiger partial charge on any atom is 0.573 e. The second-order valence-electron chi connectivity index (χ2n) is 6.18. The molecule has 1 aliphatic heterocycles. The van der Waals surface area contributed by atoms with Gasteiger partial charge >= 0.3 is 6.36 Å². The van der Waals surface area contributed by atoms with Crippen LogP contribution >= 0.6 is 11.8 Å². The number of thioether (sulfide) groups is 1. The van der Waals surface area contributed by atoms with Crippen LogP contribution in [0, 0.1) is 0 Å². The molecule has 0 radical (unpaired) electrons. The number of hydrogen-bond acceptors (Lipinski definition) is 5. The maximum atomic E-state index is 12.4. The normalized spacial score (nSPS) is 15.6. The standard InChI is InChI=1S/C17H19F3N4O2S/c1-11(27-16-23-22-14-5-3-2-4-10-24(14)16)15(25)21-12-6-8-13(9-7-12)26-17(18,19)20/h6-9,11H,2-5,10H2,1H3,(H,21,25). The highest BCUT2D eigenvalue weighted by molar-refractivity contribution is 8.00. The molecule has 2 heterocycles. The van der Waals surface area contributed by atoms with Gasteiger partial charge in [-0.2, -0.15) is 0 Å². The van der Waals surface area contributed by atoms with Crippen LogP contribution in [0.4, 0.5) is 18.9 Å². The van der Waals surface area contributed by atoms with Crippen LogP contribution in [0.1, 0.15) is 32.0 Å². The number of alkyl halides is 3. The molecule has 2 aromatic rings. The molecule has 1 aliphatic rings. The van der Waals surface area contributed by atoms with Crippen LogP contribution in [0.5, 0.6) is 5.75 Å². The second-order valence-corrected chi connectivity index (χ2v) is 7.49. The zero-order valence-corrected chi connectivity index (χ0v) is 15.4. The Morgan fingerprint density at radius 3 is 2.67 bits per heavy atom. The largest absolute Gasteiger partial charge is 0.573 e. The molecule has 146 valence electrons. The summed E-state index contributed by atoms with van der Waals surface area (Å²) in [6.07, 6.45) is -0.553. The molecule has 27 heavy (non-hydrogen) atoms. The van der Waals surface area contributed by atoms with Gasteiger partial charge in [0.2, 0.25) is 5.91 Å². The van der Waals surface area contributed by atoms with Gasteiger partial charge in [-0.3, -0.25) is 4.79 Å². The topological polar surface area (TPSA) is 69.0 Å². The Kier molecular flexibility index (Phi) is 5.93. The van der Waals surface area contributed by atoms with Gasteiger partial charge in [0.15, 0.2) is 5.16 Å². The molecule has 1 N–H and O–H groups in total. The summed E-state index contributed by atoms with van der Waals surface area (Å²) >= 11 is 1.32. The maximum absolute atomic E-state index is 12.4. The van der Waals surface area contributed by atoms with E-state index in [0.29, 0.717) is 10.8 Å². The number of hydrogen-bond donors (Lipinski definition) is 1. The highest BCUT2D eigenvalue weighted by Crippen LogP contribution is 2.27. The predicted octanol–water partition coefficient (Wildman–Crippen LogP) is 4.02. The summed E-state index contributed by atoms with van der Waals surface area (Å²) in [7, 11) is 0. The predicted molar refractivity (Wildman–Crippen MR) is 94.7 cm³/mol. The number of halogens is 3. The number of nitrogens with one attached hydrogen (secondary N) is 1. The van der Waals surface area contributed by atoms with Gasteiger partial charge in [-0.05, 0) is 44.0 Å². The fraction of sp³-hybridized carbons (Fsp3) is 0.471. The fourth-order valence-electron chi connectivity index (χ4n) is 2.74. The first-order chi connectivity index (χ1) is 12.8. The van der Waals surface area contributed by atoms with E-state index in [0.717, 1.165) is 50.2 Å². The Labute approximate surface area is 158 Å². The van der Waals surface area contributed by atoms with Crippen LogP contribution in [-0.2, 0) is 17.8 Å². The number of aromatic nitrogens is 3. The van der Waals surface area contributed by atoms with Crippen molar-refractivity contribution < 1.29 is 22.7 Å². The number of benzene rings is 1. The Morgan fingerprint density at radius 2 is 1.96 bits per heavy atom. The number of amides is 1. The van der Waals surface area contributed by atoms with Gasteiger partial charge in [0.25, 0.3) is 0 Å². The van der Waals surface area contributed by atoms with Crippen molar-refractivity contribution in [2.45, 2.75) is 55.9 Å². The first kappa shape index (κ1) is 19.5. The molecule has 0 bridgehead atoms. The van der Waals surface area contributed by atoms with Crippen molar-refractivity contribution in [3.8, 4) is 5.75 Å². The molecular weight excluding hydrogens is 381 g/mol. The van der Waals surface area contributed by atoms with E-state index in [1.54, 1.807) is 6.92 Å². The minimum absolute atomic E-state index is 0.268. The lowest BCUT2D eigenvalue weighted by atomic mass is 10.2. The lowest BCUT2D eigenvalue weighted by Gasteiger charge is -2.13. The Hall–Kier alpha value is -2.23. The second kappa shape index (κ2) is 8.20. The van der Waals surface area contributed by atoms with Crippen LogP contribution in [0.2, 0.25) is 0 Å². The summed E-state index contributed by atoms with van der Waals surface area (Å²) in [4.78, 5) is 12.4. The molecule has 0 spiro atoms. The number of aryl methyl sites for hydroxylation is 1. The van der Waals surface area contributed by atoms with Crippen molar-refractivity contribution in [2.24, 2.45) is 0 Å². The molecule has 0 saturated heterocycles. The summed E-state index contributed by atoms with van der Waals surface area (Å²) in [5.74, 6) is 0.340. The number of fused-ring (bicyclic) bond motifs is 1. The fourth-order valence-corrected chi connectivity index (χ4v) is 3.64. The average molecular weight is 400 g/mol. The van der Waals surface area contributed by atoms with Crippen molar-refractivity contribution in [3.63, 3.8) is 0 Å². The molecule has 0 aliphatic carbocycles. The van der Waals surface area contributed by atoms with E-state index in [9.17, 15) is 18.0 Å². The average Bonchev–Trinajstić information content (AvgIpc) is 2.82. The first-order valence-corrected chi connectivity index (χ1v) is 9.45. The number of ether oxygens (including phenoxy) is 1. The third-order valence-electron chi connectivity index (χ3n) is 4.08. The summed E-state index contributed by atoms with van der Waals surface area (Å²) in [5.41, 5.74) is 0.391. The summed E-state index contributed by atoms with van der Waals surface area (Å²) in [5, 5.41) is 11.4. The van der Waals surface area contributed by atoms with Crippen molar-refractivity contribution in [3.05, 3.63) is 30.1 Å². The third-order valence-corrected chi connectivity index (χ3v) is 5.16. The molecule has 1 unspecified atom stereocenters. The van der Waals surface area contributed by atoms with Crippen LogP contribution in [0.3, 0.4) is 0 Å². The van der Waals surface area contributed by atoms with E-state index >= 15 is 0 Å². The van der Waals surface area contributed by atoms with Crippen molar-refractivity contribution >= 4 is 23.4 Å². The molecule has 6 nitrogen and oxygen atoms in total. The van der Waals surface area contributed by atoms with E-state index in [-0.39, 0.29) is 11.7 Å². The van der Waals surface area contributed by atoms with Crippen LogP contribution in [-0.4, -0.2) is 32.3 Å². The highest BCUT2D eigenvalue weighted by atomic mass is 32.2. The Balaban J connectivity index is 1.59. The van der Waals surface area contributed by atoms with Crippen molar-refractivity contribution in [2.75, 3.05) is 5.32 Å². The van der Waals surface area contributed by atoms with Crippen LogP contribution in [0.15, 0.2) is 29.4 Å². The molecule has 0 saturated carbocycles.